The van der Waals surface area contributed by atoms with Crippen LogP contribution < -0.4 is 0 Å². The van der Waals surface area contributed by atoms with Crippen molar-refractivity contribution in [1.29, 1.82) is 0 Å². The van der Waals surface area contributed by atoms with Crippen molar-refractivity contribution in [3.05, 3.63) is 60.2 Å². The van der Waals surface area contributed by atoms with Gasteiger partial charge >= 0.3 is 0 Å². The van der Waals surface area contributed by atoms with Gasteiger partial charge < -0.3 is 9.47 Å². The van der Waals surface area contributed by atoms with E-state index in [2.05, 4.69) is 9.97 Å². The predicted molar refractivity (Wildman–Crippen MR) is 62.9 cm³/mol. The van der Waals surface area contributed by atoms with Crippen LogP contribution in [0, 0.1) is 0 Å². The predicted octanol–water partition coefficient (Wildman–Crippen LogP) is 2.17. The molecule has 2 aromatic rings. The summed E-state index contributed by atoms with van der Waals surface area (Å²) in [6.07, 6.45) is 7.03. The van der Waals surface area contributed by atoms with Crippen LogP contribution >= 0.6 is 0 Å². The van der Waals surface area contributed by atoms with Gasteiger partial charge in [-0.1, -0.05) is 12.1 Å². The van der Waals surface area contributed by atoms with Crippen LogP contribution in [0.15, 0.2) is 49.1 Å². The number of hydrogen-bond donors (Lipinski definition) is 0. The van der Waals surface area contributed by atoms with Crippen molar-refractivity contribution in [2.75, 3.05) is 6.79 Å². The lowest BCUT2D eigenvalue weighted by Crippen LogP contribution is -2.01. The van der Waals surface area contributed by atoms with E-state index in [9.17, 15) is 0 Å². The van der Waals surface area contributed by atoms with Gasteiger partial charge in [0.1, 0.15) is 6.79 Å². The third-order valence-corrected chi connectivity index (χ3v) is 2.15. The van der Waals surface area contributed by atoms with E-state index in [1.54, 1.807) is 24.8 Å². The minimum atomic E-state index is 0.268. The fourth-order valence-electron chi connectivity index (χ4n) is 1.34. The first kappa shape index (κ1) is 11.7. The van der Waals surface area contributed by atoms with Crippen LogP contribution in [0.1, 0.15) is 11.1 Å². The molecule has 0 spiro atoms. The van der Waals surface area contributed by atoms with Crippen LogP contribution in [-0.4, -0.2) is 16.8 Å². The SMILES string of the molecule is c1cncc(COCOCc2cccnc2)c1. The Labute approximate surface area is 100 Å². The summed E-state index contributed by atoms with van der Waals surface area (Å²) < 4.78 is 10.7. The molecule has 0 radical (unpaired) electrons. The summed E-state index contributed by atoms with van der Waals surface area (Å²) in [6, 6.07) is 7.70. The van der Waals surface area contributed by atoms with Crippen LogP contribution in [0.25, 0.3) is 0 Å². The number of ether oxygens (including phenoxy) is 2. The van der Waals surface area contributed by atoms with E-state index < -0.39 is 0 Å². The lowest BCUT2D eigenvalue weighted by Gasteiger charge is -2.05. The normalized spacial score (nSPS) is 10.4. The second kappa shape index (κ2) is 6.73. The molecular weight excluding hydrogens is 216 g/mol. The van der Waals surface area contributed by atoms with Crippen molar-refractivity contribution in [2.24, 2.45) is 0 Å². The number of nitrogens with zero attached hydrogens (tertiary/aromatic N) is 2. The van der Waals surface area contributed by atoms with E-state index in [0.29, 0.717) is 13.2 Å². The number of aromatic nitrogens is 2. The summed E-state index contributed by atoms with van der Waals surface area (Å²) in [5.41, 5.74) is 2.08. The molecule has 0 saturated heterocycles. The van der Waals surface area contributed by atoms with Gasteiger partial charge in [-0.05, 0) is 23.3 Å². The quantitative estimate of drug-likeness (QED) is 0.563. The van der Waals surface area contributed by atoms with Crippen LogP contribution in [0.2, 0.25) is 0 Å². The summed E-state index contributed by atoms with van der Waals surface area (Å²) >= 11 is 0. The first-order valence-corrected chi connectivity index (χ1v) is 5.38. The monoisotopic (exact) mass is 230 g/mol. The largest absolute Gasteiger partial charge is 0.351 e. The molecule has 0 saturated carbocycles. The molecule has 0 aliphatic heterocycles. The fourth-order valence-corrected chi connectivity index (χ4v) is 1.34. The first-order chi connectivity index (χ1) is 8.45. The van der Waals surface area contributed by atoms with Crippen molar-refractivity contribution in [1.82, 2.24) is 9.97 Å². The zero-order chi connectivity index (χ0) is 11.8. The highest BCUT2D eigenvalue weighted by Crippen LogP contribution is 2.00. The first-order valence-electron chi connectivity index (χ1n) is 5.38. The summed E-state index contributed by atoms with van der Waals surface area (Å²) in [4.78, 5) is 8.00. The van der Waals surface area contributed by atoms with Gasteiger partial charge in [0.2, 0.25) is 0 Å². The Morgan fingerprint density at radius 3 is 1.76 bits per heavy atom. The Balaban J connectivity index is 1.61. The molecule has 0 fully saturated rings. The summed E-state index contributed by atoms with van der Waals surface area (Å²) in [7, 11) is 0. The molecule has 17 heavy (non-hydrogen) atoms. The molecule has 0 unspecified atom stereocenters. The van der Waals surface area contributed by atoms with Crippen molar-refractivity contribution in [2.45, 2.75) is 13.2 Å². The highest BCUT2D eigenvalue weighted by Gasteiger charge is 1.94. The average Bonchev–Trinajstić information content (AvgIpc) is 2.41. The fraction of sp³-hybridized carbons (Fsp3) is 0.231. The van der Waals surface area contributed by atoms with Gasteiger partial charge in [0, 0.05) is 24.8 Å². The number of rotatable bonds is 6. The molecule has 2 heterocycles. The minimum Gasteiger partial charge on any atom is -0.351 e. The molecule has 2 aromatic heterocycles. The van der Waals surface area contributed by atoms with Crippen molar-refractivity contribution in [3.63, 3.8) is 0 Å². The van der Waals surface area contributed by atoms with Gasteiger partial charge in [-0.2, -0.15) is 0 Å². The van der Waals surface area contributed by atoms with E-state index in [1.165, 1.54) is 0 Å². The van der Waals surface area contributed by atoms with Gasteiger partial charge in [-0.15, -0.1) is 0 Å². The van der Waals surface area contributed by atoms with Crippen LogP contribution in [0.3, 0.4) is 0 Å². The Morgan fingerprint density at radius 2 is 1.35 bits per heavy atom. The third-order valence-electron chi connectivity index (χ3n) is 2.15. The van der Waals surface area contributed by atoms with Crippen LogP contribution in [0.4, 0.5) is 0 Å². The maximum absolute atomic E-state index is 5.36. The second-order valence-corrected chi connectivity index (χ2v) is 3.54. The highest BCUT2D eigenvalue weighted by atomic mass is 16.7. The van der Waals surface area contributed by atoms with E-state index in [0.717, 1.165) is 11.1 Å². The van der Waals surface area contributed by atoms with Crippen LogP contribution in [-0.2, 0) is 22.7 Å². The van der Waals surface area contributed by atoms with Gasteiger partial charge in [0.15, 0.2) is 0 Å². The standard InChI is InChI=1S/C13H14N2O2/c1-3-12(7-14-5-1)9-16-11-17-10-13-4-2-6-15-8-13/h1-8H,9-11H2. The molecule has 0 amide bonds. The molecule has 0 aliphatic carbocycles. The zero-order valence-electron chi connectivity index (χ0n) is 9.45. The van der Waals surface area contributed by atoms with Gasteiger partial charge in [0.05, 0.1) is 13.2 Å². The molecule has 2 rings (SSSR count). The molecule has 0 N–H and O–H groups in total. The summed E-state index contributed by atoms with van der Waals surface area (Å²) in [5.74, 6) is 0. The van der Waals surface area contributed by atoms with Crippen molar-refractivity contribution in [3.8, 4) is 0 Å². The second-order valence-electron chi connectivity index (χ2n) is 3.54. The van der Waals surface area contributed by atoms with Gasteiger partial charge in [0.25, 0.3) is 0 Å². The van der Waals surface area contributed by atoms with Crippen molar-refractivity contribution < 1.29 is 9.47 Å². The number of pyridine rings is 2. The van der Waals surface area contributed by atoms with Gasteiger partial charge in [-0.3, -0.25) is 9.97 Å². The van der Waals surface area contributed by atoms with Crippen LogP contribution in [0.5, 0.6) is 0 Å². The molecule has 88 valence electrons. The van der Waals surface area contributed by atoms with E-state index in [-0.39, 0.29) is 6.79 Å². The van der Waals surface area contributed by atoms with E-state index in [4.69, 9.17) is 9.47 Å². The Morgan fingerprint density at radius 1 is 0.824 bits per heavy atom. The maximum atomic E-state index is 5.36. The average molecular weight is 230 g/mol. The lowest BCUT2D eigenvalue weighted by molar-refractivity contribution is -0.0690. The molecule has 0 atom stereocenters. The molecule has 0 aromatic carbocycles. The Hall–Kier alpha value is -1.78. The Bertz CT molecular complexity index is 378. The third kappa shape index (κ3) is 4.30. The molecule has 4 heteroatoms. The molecular formula is C13H14N2O2. The smallest absolute Gasteiger partial charge is 0.147 e. The molecule has 0 bridgehead atoms. The zero-order valence-corrected chi connectivity index (χ0v) is 9.45. The number of hydrogen-bond acceptors (Lipinski definition) is 4. The van der Waals surface area contributed by atoms with Gasteiger partial charge in [-0.25, -0.2) is 0 Å². The van der Waals surface area contributed by atoms with E-state index >= 15 is 0 Å². The highest BCUT2D eigenvalue weighted by molar-refractivity contribution is 5.07. The molecule has 4 nitrogen and oxygen atoms in total. The lowest BCUT2D eigenvalue weighted by atomic mass is 10.3. The topological polar surface area (TPSA) is 44.2 Å². The summed E-state index contributed by atoms with van der Waals surface area (Å²) in [5, 5.41) is 0. The minimum absolute atomic E-state index is 0.268. The maximum Gasteiger partial charge on any atom is 0.147 e. The van der Waals surface area contributed by atoms with E-state index in [1.807, 2.05) is 24.3 Å². The Kier molecular flexibility index (Phi) is 4.63. The molecule has 0 aliphatic rings. The summed E-state index contributed by atoms with van der Waals surface area (Å²) in [6.45, 7) is 1.30. The van der Waals surface area contributed by atoms with Crippen molar-refractivity contribution >= 4 is 0 Å².